The van der Waals surface area contributed by atoms with Gasteiger partial charge in [-0.3, -0.25) is 4.98 Å². The maximum absolute atomic E-state index is 12.1. The molecule has 0 saturated heterocycles. The summed E-state index contributed by atoms with van der Waals surface area (Å²) in [4.78, 5) is 3.85. The van der Waals surface area contributed by atoms with Gasteiger partial charge in [-0.1, -0.05) is 11.8 Å². The van der Waals surface area contributed by atoms with Crippen LogP contribution in [0.4, 0.5) is 0 Å². The molecule has 0 aliphatic rings. The summed E-state index contributed by atoms with van der Waals surface area (Å²) in [5.41, 5.74) is 1.14. The van der Waals surface area contributed by atoms with Crippen molar-refractivity contribution in [1.29, 1.82) is 0 Å². The smallest absolute Gasteiger partial charge is 0.242 e. The van der Waals surface area contributed by atoms with E-state index in [1.807, 2.05) is 0 Å². The molecular formula is C13H12N2O4S. The predicted molar refractivity (Wildman–Crippen MR) is 70.9 cm³/mol. The van der Waals surface area contributed by atoms with Gasteiger partial charge >= 0.3 is 0 Å². The van der Waals surface area contributed by atoms with E-state index in [9.17, 15) is 8.42 Å². The predicted octanol–water partition coefficient (Wildman–Crippen LogP) is 0.497. The van der Waals surface area contributed by atoms with E-state index in [1.165, 1.54) is 31.0 Å². The van der Waals surface area contributed by atoms with Crippen LogP contribution in [0.2, 0.25) is 0 Å². The molecular weight excluding hydrogens is 280 g/mol. The van der Waals surface area contributed by atoms with Gasteiger partial charge in [0.1, 0.15) is 11.5 Å². The molecule has 0 atom stereocenters. The van der Waals surface area contributed by atoms with E-state index in [2.05, 4.69) is 21.5 Å². The number of aliphatic hydroxyl groups is 1. The van der Waals surface area contributed by atoms with Gasteiger partial charge in [-0.05, 0) is 12.1 Å². The highest BCUT2D eigenvalue weighted by Gasteiger charge is 2.14. The van der Waals surface area contributed by atoms with Crippen LogP contribution in [0.3, 0.4) is 0 Å². The van der Waals surface area contributed by atoms with Gasteiger partial charge in [0.25, 0.3) is 0 Å². The third kappa shape index (κ3) is 3.68. The highest BCUT2D eigenvalue weighted by molar-refractivity contribution is 7.89. The van der Waals surface area contributed by atoms with Crippen LogP contribution in [0.25, 0.3) is 0 Å². The Bertz CT molecular complexity index is 727. The molecule has 2 heterocycles. The van der Waals surface area contributed by atoms with Crippen LogP contribution in [0.15, 0.2) is 46.4 Å². The molecule has 104 valence electrons. The van der Waals surface area contributed by atoms with Crippen molar-refractivity contribution < 1.29 is 17.9 Å². The Morgan fingerprint density at radius 2 is 2.25 bits per heavy atom. The average Bonchev–Trinajstić information content (AvgIpc) is 2.97. The number of nitrogens with one attached hydrogen (secondary N) is 1. The van der Waals surface area contributed by atoms with Crippen molar-refractivity contribution in [3.63, 3.8) is 0 Å². The molecule has 2 aromatic rings. The van der Waals surface area contributed by atoms with Crippen LogP contribution < -0.4 is 4.72 Å². The molecule has 0 unspecified atom stereocenters. The van der Waals surface area contributed by atoms with Crippen LogP contribution in [0.1, 0.15) is 11.1 Å². The number of pyridine rings is 1. The lowest BCUT2D eigenvalue weighted by Gasteiger charge is -2.05. The first kappa shape index (κ1) is 14.3. The molecule has 0 spiro atoms. The SMILES string of the molecule is O=S(=O)(NCc1ccoc1)c1cncc(C#CCO)c1. The Morgan fingerprint density at radius 1 is 1.40 bits per heavy atom. The van der Waals surface area contributed by atoms with Gasteiger partial charge in [0, 0.05) is 30.1 Å². The van der Waals surface area contributed by atoms with E-state index >= 15 is 0 Å². The maximum atomic E-state index is 12.1. The molecule has 0 aliphatic carbocycles. The van der Waals surface area contributed by atoms with Crippen LogP contribution in [0.5, 0.6) is 0 Å². The Morgan fingerprint density at radius 3 is 2.95 bits per heavy atom. The number of aliphatic hydroxyl groups excluding tert-OH is 1. The zero-order chi connectivity index (χ0) is 14.4. The first-order chi connectivity index (χ1) is 9.62. The van der Waals surface area contributed by atoms with Crippen molar-refractivity contribution in [3.05, 3.63) is 48.2 Å². The zero-order valence-corrected chi connectivity index (χ0v) is 11.2. The first-order valence-corrected chi connectivity index (χ1v) is 7.15. The van der Waals surface area contributed by atoms with Gasteiger partial charge in [0.15, 0.2) is 0 Å². The molecule has 6 nitrogen and oxygen atoms in total. The zero-order valence-electron chi connectivity index (χ0n) is 10.4. The molecule has 20 heavy (non-hydrogen) atoms. The fourth-order valence-electron chi connectivity index (χ4n) is 1.43. The third-order valence-corrected chi connectivity index (χ3v) is 3.75. The van der Waals surface area contributed by atoms with Gasteiger partial charge < -0.3 is 9.52 Å². The normalized spacial score (nSPS) is 10.8. The van der Waals surface area contributed by atoms with Gasteiger partial charge in [-0.2, -0.15) is 0 Å². The molecule has 2 rings (SSSR count). The molecule has 0 fully saturated rings. The van der Waals surface area contributed by atoms with Crippen molar-refractivity contribution in [3.8, 4) is 11.8 Å². The number of hydrogen-bond donors (Lipinski definition) is 2. The standard InChI is InChI=1S/C13H12N2O4S/c16-4-1-2-11-6-13(9-14-7-11)20(17,18)15-8-12-3-5-19-10-12/h3,5-7,9-10,15-16H,4,8H2. The van der Waals surface area contributed by atoms with Crippen molar-refractivity contribution in [2.75, 3.05) is 6.61 Å². The molecule has 2 N–H and O–H groups in total. The quantitative estimate of drug-likeness (QED) is 0.800. The minimum absolute atomic E-state index is 0.0192. The molecule has 0 radical (unpaired) electrons. The summed E-state index contributed by atoms with van der Waals surface area (Å²) in [5.74, 6) is 5.04. The van der Waals surface area contributed by atoms with Gasteiger partial charge in [0.2, 0.25) is 10.0 Å². The highest BCUT2D eigenvalue weighted by atomic mass is 32.2. The molecule has 0 bridgehead atoms. The number of aromatic nitrogens is 1. The number of sulfonamides is 1. The van der Waals surface area contributed by atoms with E-state index < -0.39 is 10.0 Å². The summed E-state index contributed by atoms with van der Waals surface area (Å²) in [6.07, 6.45) is 5.60. The summed E-state index contributed by atoms with van der Waals surface area (Å²) in [5, 5.41) is 8.61. The molecule has 0 aromatic carbocycles. The van der Waals surface area contributed by atoms with E-state index in [1.54, 1.807) is 6.07 Å². The summed E-state index contributed by atoms with van der Waals surface area (Å²) in [7, 11) is -3.67. The van der Waals surface area contributed by atoms with Gasteiger partial charge in [0.05, 0.1) is 12.5 Å². The number of nitrogens with zero attached hydrogens (tertiary/aromatic N) is 1. The summed E-state index contributed by atoms with van der Waals surface area (Å²) in [6, 6.07) is 3.07. The second-order valence-electron chi connectivity index (χ2n) is 3.83. The molecule has 0 saturated carbocycles. The Balaban J connectivity index is 2.16. The number of hydrogen-bond acceptors (Lipinski definition) is 5. The summed E-state index contributed by atoms with van der Waals surface area (Å²) in [6.45, 7) is -0.166. The van der Waals surface area contributed by atoms with Crippen LogP contribution in [-0.2, 0) is 16.6 Å². The van der Waals surface area contributed by atoms with E-state index in [-0.39, 0.29) is 18.0 Å². The number of furan rings is 1. The number of rotatable bonds is 4. The van der Waals surface area contributed by atoms with Crippen LogP contribution in [-0.4, -0.2) is 25.1 Å². The maximum Gasteiger partial charge on any atom is 0.242 e. The van der Waals surface area contributed by atoms with Crippen molar-refractivity contribution in [2.45, 2.75) is 11.4 Å². The highest BCUT2D eigenvalue weighted by Crippen LogP contribution is 2.10. The van der Waals surface area contributed by atoms with Gasteiger partial charge in [-0.15, -0.1) is 0 Å². The van der Waals surface area contributed by atoms with Crippen LogP contribution >= 0.6 is 0 Å². The fraction of sp³-hybridized carbons (Fsp3) is 0.154. The molecule has 0 aliphatic heterocycles. The third-order valence-electron chi connectivity index (χ3n) is 2.38. The Kier molecular flexibility index (Phi) is 4.53. The summed E-state index contributed by atoms with van der Waals surface area (Å²) >= 11 is 0. The topological polar surface area (TPSA) is 92.4 Å². The molecule has 0 amide bonds. The fourth-order valence-corrected chi connectivity index (χ4v) is 2.44. The van der Waals surface area contributed by atoms with Crippen molar-refractivity contribution >= 4 is 10.0 Å². The second kappa shape index (κ2) is 6.34. The molecule has 2 aromatic heterocycles. The Labute approximate surface area is 116 Å². The lowest BCUT2D eigenvalue weighted by molar-refractivity contribution is 0.350. The first-order valence-electron chi connectivity index (χ1n) is 5.67. The Hall–Kier alpha value is -2.14. The van der Waals surface area contributed by atoms with E-state index in [0.717, 1.165) is 5.56 Å². The molecule has 7 heteroatoms. The lowest BCUT2D eigenvalue weighted by Crippen LogP contribution is -2.23. The monoisotopic (exact) mass is 292 g/mol. The lowest BCUT2D eigenvalue weighted by atomic mass is 10.3. The van der Waals surface area contributed by atoms with Crippen molar-refractivity contribution in [1.82, 2.24) is 9.71 Å². The van der Waals surface area contributed by atoms with Crippen molar-refractivity contribution in [2.24, 2.45) is 0 Å². The van der Waals surface area contributed by atoms with Crippen LogP contribution in [0, 0.1) is 11.8 Å². The van der Waals surface area contributed by atoms with Gasteiger partial charge in [-0.25, -0.2) is 13.1 Å². The minimum Gasteiger partial charge on any atom is -0.472 e. The summed E-state index contributed by atoms with van der Waals surface area (Å²) < 4.78 is 31.4. The average molecular weight is 292 g/mol. The minimum atomic E-state index is -3.67. The van der Waals surface area contributed by atoms with E-state index in [0.29, 0.717) is 5.56 Å². The second-order valence-corrected chi connectivity index (χ2v) is 5.59. The largest absolute Gasteiger partial charge is 0.472 e. The van der Waals surface area contributed by atoms with E-state index in [4.69, 9.17) is 9.52 Å².